The molecule has 28 heavy (non-hydrogen) atoms. The summed E-state index contributed by atoms with van der Waals surface area (Å²) in [5.74, 6) is 0.242. The lowest BCUT2D eigenvalue weighted by Gasteiger charge is -2.56. The quantitative estimate of drug-likeness (QED) is 0.857. The molecule has 3 atom stereocenters. The van der Waals surface area contributed by atoms with E-state index in [1.54, 1.807) is 17.4 Å². The van der Waals surface area contributed by atoms with Gasteiger partial charge in [-0.15, -0.1) is 0 Å². The number of fused-ring (bicyclic) bond motifs is 4. The monoisotopic (exact) mass is 400 g/mol. The summed E-state index contributed by atoms with van der Waals surface area (Å²) in [6.07, 6.45) is 1.64. The summed E-state index contributed by atoms with van der Waals surface area (Å²) in [5, 5.41) is 10.1. The van der Waals surface area contributed by atoms with Crippen molar-refractivity contribution in [1.29, 1.82) is 0 Å². The van der Waals surface area contributed by atoms with Gasteiger partial charge in [-0.05, 0) is 55.3 Å². The van der Waals surface area contributed by atoms with Crippen LogP contribution >= 0.6 is 0 Å². The summed E-state index contributed by atoms with van der Waals surface area (Å²) in [6.45, 7) is 3.07. The maximum atomic E-state index is 13.3. The van der Waals surface area contributed by atoms with E-state index in [9.17, 15) is 13.5 Å². The average Bonchev–Trinajstić information content (AvgIpc) is 2.66. The van der Waals surface area contributed by atoms with Gasteiger partial charge in [0.05, 0.1) is 5.75 Å². The van der Waals surface area contributed by atoms with Crippen molar-refractivity contribution in [2.45, 2.75) is 43.0 Å². The first-order chi connectivity index (χ1) is 13.2. The average molecular weight is 401 g/mol. The van der Waals surface area contributed by atoms with E-state index in [-0.39, 0.29) is 29.0 Å². The number of hydrogen-bond donors (Lipinski definition) is 1. The molecule has 0 aromatic heterocycles. The van der Waals surface area contributed by atoms with Crippen molar-refractivity contribution >= 4 is 10.0 Å². The Morgan fingerprint density at radius 2 is 1.93 bits per heavy atom. The number of phenolic OH excluding ortho intramolecular Hbond substituents is 1. The van der Waals surface area contributed by atoms with Gasteiger partial charge in [0.2, 0.25) is 10.0 Å². The van der Waals surface area contributed by atoms with Crippen molar-refractivity contribution in [3.05, 3.63) is 65.2 Å². The van der Waals surface area contributed by atoms with Crippen molar-refractivity contribution in [2.75, 3.05) is 20.6 Å². The predicted octanol–water partition coefficient (Wildman–Crippen LogP) is 2.74. The van der Waals surface area contributed by atoms with Gasteiger partial charge in [0.1, 0.15) is 5.75 Å². The number of likely N-dealkylation sites (tertiary alicyclic amines) is 1. The molecule has 6 heteroatoms. The lowest BCUT2D eigenvalue weighted by Crippen LogP contribution is -2.67. The van der Waals surface area contributed by atoms with Crippen LogP contribution < -0.4 is 0 Å². The topological polar surface area (TPSA) is 60.9 Å². The third-order valence-corrected chi connectivity index (χ3v) is 8.53. The minimum atomic E-state index is -3.49. The molecule has 2 aliphatic rings. The molecule has 1 heterocycles. The van der Waals surface area contributed by atoms with Crippen molar-refractivity contribution in [2.24, 2.45) is 0 Å². The molecule has 0 radical (unpaired) electrons. The standard InChI is InChI=1S/C22H28N2O3S/c1-22-11-12-23(2)20(13-17-9-10-18(25)14-19(17)22)21(22)24(3)28(26,27)15-16-7-5-4-6-8-16/h4-10,14,20-21,25H,11-13,15H2,1-3H3/t20-,21+,22?/m1/s1. The van der Waals surface area contributed by atoms with E-state index in [1.165, 1.54) is 5.56 Å². The maximum absolute atomic E-state index is 13.3. The van der Waals surface area contributed by atoms with Crippen LogP contribution in [0.4, 0.5) is 0 Å². The van der Waals surface area contributed by atoms with Gasteiger partial charge in [-0.1, -0.05) is 43.3 Å². The molecule has 150 valence electrons. The van der Waals surface area contributed by atoms with Crippen LogP contribution in [0.1, 0.15) is 30.0 Å². The van der Waals surface area contributed by atoms with Crippen LogP contribution in [0.25, 0.3) is 0 Å². The van der Waals surface area contributed by atoms with Crippen LogP contribution in [0.2, 0.25) is 0 Å². The molecule has 1 unspecified atom stereocenters. The van der Waals surface area contributed by atoms with E-state index >= 15 is 0 Å². The molecule has 2 aromatic rings. The summed E-state index contributed by atoms with van der Waals surface area (Å²) in [4.78, 5) is 2.29. The summed E-state index contributed by atoms with van der Waals surface area (Å²) < 4.78 is 28.2. The third kappa shape index (κ3) is 3.13. The Balaban J connectivity index is 1.75. The normalized spacial score (nSPS) is 27.6. The second-order valence-electron chi connectivity index (χ2n) is 8.46. The van der Waals surface area contributed by atoms with Gasteiger partial charge in [0.25, 0.3) is 0 Å². The number of aromatic hydroxyl groups is 1. The molecule has 0 spiro atoms. The van der Waals surface area contributed by atoms with Gasteiger partial charge in [0.15, 0.2) is 0 Å². The molecule has 1 saturated heterocycles. The molecule has 5 nitrogen and oxygen atoms in total. The van der Waals surface area contributed by atoms with Gasteiger partial charge in [-0.25, -0.2) is 8.42 Å². The minimum Gasteiger partial charge on any atom is -0.508 e. The number of hydrogen-bond acceptors (Lipinski definition) is 4. The fourth-order valence-corrected chi connectivity index (χ4v) is 6.69. The van der Waals surface area contributed by atoms with E-state index in [2.05, 4.69) is 18.9 Å². The van der Waals surface area contributed by atoms with Gasteiger partial charge < -0.3 is 10.0 Å². The Morgan fingerprint density at radius 3 is 2.64 bits per heavy atom. The second kappa shape index (κ2) is 6.87. The van der Waals surface area contributed by atoms with Gasteiger partial charge in [0, 0.05) is 24.5 Å². The number of piperidine rings is 1. The summed E-state index contributed by atoms with van der Waals surface area (Å²) in [5.41, 5.74) is 2.76. The SMILES string of the molecule is CN1CCC2(C)c3cc(O)ccc3C[C@@H]1[C@@H]2N(C)S(=O)(=O)Cc1ccccc1. The van der Waals surface area contributed by atoms with Crippen LogP contribution in [0, 0.1) is 0 Å². The number of phenols is 1. The molecule has 1 N–H and O–H groups in total. The van der Waals surface area contributed by atoms with Crippen LogP contribution in [0.3, 0.4) is 0 Å². The van der Waals surface area contributed by atoms with E-state index in [1.807, 2.05) is 42.5 Å². The molecule has 1 fully saturated rings. The van der Waals surface area contributed by atoms with Gasteiger partial charge in [-0.2, -0.15) is 4.31 Å². The van der Waals surface area contributed by atoms with Crippen molar-refractivity contribution in [3.63, 3.8) is 0 Å². The number of rotatable bonds is 4. The summed E-state index contributed by atoms with van der Waals surface area (Å²) in [7, 11) is 0.322. The molecular formula is C22H28N2O3S. The fraction of sp³-hybridized carbons (Fsp3) is 0.455. The molecule has 4 rings (SSSR count). The fourth-order valence-electron chi connectivity index (χ4n) is 5.15. The Bertz CT molecular complexity index is 977. The van der Waals surface area contributed by atoms with Crippen LogP contribution in [-0.2, 0) is 27.6 Å². The number of nitrogens with zero attached hydrogens (tertiary/aromatic N) is 2. The predicted molar refractivity (Wildman–Crippen MR) is 111 cm³/mol. The molecule has 0 saturated carbocycles. The second-order valence-corrected chi connectivity index (χ2v) is 10.5. The minimum absolute atomic E-state index is 0.000249. The number of likely N-dealkylation sites (N-methyl/N-ethyl adjacent to an activating group) is 2. The third-order valence-electron chi connectivity index (χ3n) is 6.73. The largest absolute Gasteiger partial charge is 0.508 e. The first kappa shape index (κ1) is 19.4. The zero-order valence-corrected chi connectivity index (χ0v) is 17.5. The Morgan fingerprint density at radius 1 is 1.21 bits per heavy atom. The molecule has 1 aliphatic heterocycles. The summed E-state index contributed by atoms with van der Waals surface area (Å²) >= 11 is 0. The lowest BCUT2D eigenvalue weighted by molar-refractivity contribution is 0.0353. The van der Waals surface area contributed by atoms with Crippen molar-refractivity contribution < 1.29 is 13.5 Å². The molecule has 2 bridgehead atoms. The summed E-state index contributed by atoms with van der Waals surface area (Å²) in [6, 6.07) is 14.8. The van der Waals surface area contributed by atoms with E-state index in [0.717, 1.165) is 30.5 Å². The molecular weight excluding hydrogens is 372 g/mol. The van der Waals surface area contributed by atoms with E-state index < -0.39 is 10.0 Å². The highest BCUT2D eigenvalue weighted by Crippen LogP contribution is 2.48. The van der Waals surface area contributed by atoms with Crippen LogP contribution in [0.15, 0.2) is 48.5 Å². The Kier molecular flexibility index (Phi) is 4.76. The van der Waals surface area contributed by atoms with Crippen LogP contribution in [0.5, 0.6) is 5.75 Å². The van der Waals surface area contributed by atoms with Crippen molar-refractivity contribution in [1.82, 2.24) is 9.21 Å². The zero-order valence-electron chi connectivity index (χ0n) is 16.7. The highest BCUT2D eigenvalue weighted by atomic mass is 32.2. The van der Waals surface area contributed by atoms with Gasteiger partial charge in [-0.3, -0.25) is 0 Å². The smallest absolute Gasteiger partial charge is 0.218 e. The highest BCUT2D eigenvalue weighted by Gasteiger charge is 2.53. The number of benzene rings is 2. The molecule has 0 amide bonds. The maximum Gasteiger partial charge on any atom is 0.218 e. The molecule has 2 aromatic carbocycles. The first-order valence-electron chi connectivity index (χ1n) is 9.74. The Labute approximate surface area is 167 Å². The Hall–Kier alpha value is -1.89. The first-order valence-corrected chi connectivity index (χ1v) is 11.4. The zero-order chi connectivity index (χ0) is 20.1. The lowest BCUT2D eigenvalue weighted by atomic mass is 9.61. The van der Waals surface area contributed by atoms with Gasteiger partial charge >= 0.3 is 0 Å². The van der Waals surface area contributed by atoms with E-state index in [4.69, 9.17) is 0 Å². The number of sulfonamides is 1. The van der Waals surface area contributed by atoms with Crippen molar-refractivity contribution in [3.8, 4) is 5.75 Å². The van der Waals surface area contributed by atoms with E-state index in [0.29, 0.717) is 0 Å². The van der Waals surface area contributed by atoms with Crippen LogP contribution in [-0.4, -0.2) is 55.5 Å². The highest BCUT2D eigenvalue weighted by molar-refractivity contribution is 7.88. The molecule has 1 aliphatic carbocycles.